The van der Waals surface area contributed by atoms with Crippen LogP contribution in [0.25, 0.3) is 0 Å². The topological polar surface area (TPSA) is 0 Å². The fourth-order valence-corrected chi connectivity index (χ4v) is 4.00. The van der Waals surface area contributed by atoms with Crippen molar-refractivity contribution in [3.8, 4) is 0 Å². The highest BCUT2D eigenvalue weighted by Crippen LogP contribution is 2.55. The Kier molecular flexibility index (Phi) is 1.86. The molecule has 0 aromatic rings. The summed E-state index contributed by atoms with van der Waals surface area (Å²) in [5.41, 5.74) is 0. The van der Waals surface area contributed by atoms with Gasteiger partial charge < -0.3 is 0 Å². The zero-order chi connectivity index (χ0) is 6.04. The lowest BCUT2D eigenvalue weighted by Crippen LogP contribution is -2.24. The minimum absolute atomic E-state index is 0.0278. The Balaban J connectivity index is 2.33. The monoisotopic (exact) mass is 132 g/mol. The zero-order valence-electron chi connectivity index (χ0n) is 5.94. The van der Waals surface area contributed by atoms with Crippen LogP contribution in [0.2, 0.25) is 0 Å². The van der Waals surface area contributed by atoms with Crippen LogP contribution in [0.5, 0.6) is 0 Å². The molecule has 1 aliphatic heterocycles. The lowest BCUT2D eigenvalue weighted by Gasteiger charge is -2.46. The van der Waals surface area contributed by atoms with Crippen LogP contribution in [-0.4, -0.2) is 23.0 Å². The SMILES string of the molecule is CCS1(CC)CCC1. The molecule has 1 heterocycles. The quantitative estimate of drug-likeness (QED) is 0.540. The Morgan fingerprint density at radius 1 is 1.12 bits per heavy atom. The summed E-state index contributed by atoms with van der Waals surface area (Å²) >= 11 is 0. The molecular weight excluding hydrogens is 116 g/mol. The molecule has 0 amide bonds. The van der Waals surface area contributed by atoms with E-state index >= 15 is 0 Å². The van der Waals surface area contributed by atoms with Crippen LogP contribution in [0, 0.1) is 0 Å². The van der Waals surface area contributed by atoms with Crippen LogP contribution in [0.1, 0.15) is 20.3 Å². The lowest BCUT2D eigenvalue weighted by atomic mass is 10.5. The van der Waals surface area contributed by atoms with Gasteiger partial charge in [-0.2, -0.15) is 0 Å². The maximum absolute atomic E-state index is 2.36. The van der Waals surface area contributed by atoms with Crippen LogP contribution < -0.4 is 0 Å². The molecule has 0 spiro atoms. The first-order chi connectivity index (χ1) is 3.83. The molecule has 0 aliphatic carbocycles. The van der Waals surface area contributed by atoms with E-state index in [2.05, 4.69) is 13.8 Å². The Labute approximate surface area is 54.0 Å². The van der Waals surface area contributed by atoms with Gasteiger partial charge in [0.05, 0.1) is 0 Å². The summed E-state index contributed by atoms with van der Waals surface area (Å²) in [6.07, 6.45) is 1.52. The van der Waals surface area contributed by atoms with Gasteiger partial charge in [-0.3, -0.25) is 0 Å². The summed E-state index contributed by atoms with van der Waals surface area (Å²) in [5, 5.41) is 0. The molecule has 0 aromatic heterocycles. The van der Waals surface area contributed by atoms with Gasteiger partial charge in [-0.15, -0.1) is 0 Å². The maximum atomic E-state index is 2.36. The van der Waals surface area contributed by atoms with E-state index in [1.807, 2.05) is 0 Å². The van der Waals surface area contributed by atoms with Gasteiger partial charge in [-0.1, -0.05) is 13.8 Å². The van der Waals surface area contributed by atoms with E-state index in [9.17, 15) is 0 Å². The zero-order valence-corrected chi connectivity index (χ0v) is 6.76. The highest BCUT2D eigenvalue weighted by Gasteiger charge is 2.26. The molecule has 0 N–H and O–H groups in total. The fourth-order valence-electron chi connectivity index (χ4n) is 1.33. The molecule has 0 saturated carbocycles. The summed E-state index contributed by atoms with van der Waals surface area (Å²) in [4.78, 5) is 0. The molecule has 50 valence electrons. The van der Waals surface area contributed by atoms with Gasteiger partial charge in [0.2, 0.25) is 0 Å². The highest BCUT2D eigenvalue weighted by atomic mass is 32.3. The van der Waals surface area contributed by atoms with E-state index in [0.29, 0.717) is 0 Å². The smallest absolute Gasteiger partial charge is 0.0221 e. The lowest BCUT2D eigenvalue weighted by molar-refractivity contribution is 1.00. The second-order valence-electron chi connectivity index (χ2n) is 2.56. The van der Waals surface area contributed by atoms with Crippen molar-refractivity contribution < 1.29 is 0 Å². The van der Waals surface area contributed by atoms with Gasteiger partial charge in [0, 0.05) is 0 Å². The van der Waals surface area contributed by atoms with E-state index in [4.69, 9.17) is 0 Å². The van der Waals surface area contributed by atoms with Gasteiger partial charge in [0.25, 0.3) is 0 Å². The Morgan fingerprint density at radius 3 is 1.62 bits per heavy atom. The first-order valence-corrected chi connectivity index (χ1v) is 5.88. The van der Waals surface area contributed by atoms with Crippen molar-refractivity contribution in [3.05, 3.63) is 0 Å². The predicted molar refractivity (Wildman–Crippen MR) is 43.0 cm³/mol. The predicted octanol–water partition coefficient (Wildman–Crippen LogP) is 2.23. The van der Waals surface area contributed by atoms with Crippen LogP contribution in [0.3, 0.4) is 0 Å². The van der Waals surface area contributed by atoms with E-state index in [1.54, 1.807) is 11.5 Å². The third-order valence-corrected chi connectivity index (χ3v) is 7.14. The summed E-state index contributed by atoms with van der Waals surface area (Å²) in [7, 11) is 0.0278. The molecule has 0 unspecified atom stereocenters. The number of rotatable bonds is 2. The maximum Gasteiger partial charge on any atom is -0.0221 e. The summed E-state index contributed by atoms with van der Waals surface area (Å²) in [6.45, 7) is 4.72. The van der Waals surface area contributed by atoms with Gasteiger partial charge in [-0.25, -0.2) is 10.0 Å². The van der Waals surface area contributed by atoms with Crippen molar-refractivity contribution in [3.63, 3.8) is 0 Å². The molecule has 0 aromatic carbocycles. The minimum Gasteiger partial charge on any atom is -0.241 e. The average molecular weight is 132 g/mol. The van der Waals surface area contributed by atoms with Crippen LogP contribution >= 0.6 is 10.0 Å². The van der Waals surface area contributed by atoms with Gasteiger partial charge in [0.1, 0.15) is 0 Å². The molecule has 1 saturated heterocycles. The molecule has 8 heavy (non-hydrogen) atoms. The van der Waals surface area contributed by atoms with E-state index in [1.165, 1.54) is 17.9 Å². The Hall–Kier alpha value is 0.350. The van der Waals surface area contributed by atoms with E-state index in [0.717, 1.165) is 0 Å². The molecule has 0 radical (unpaired) electrons. The number of hydrogen-bond donors (Lipinski definition) is 0. The Bertz CT molecular complexity index is 60.9. The van der Waals surface area contributed by atoms with E-state index < -0.39 is 0 Å². The molecule has 1 fully saturated rings. The minimum atomic E-state index is 0.0278. The van der Waals surface area contributed by atoms with E-state index in [-0.39, 0.29) is 10.0 Å². The fraction of sp³-hybridized carbons (Fsp3) is 1.00. The van der Waals surface area contributed by atoms with Crippen LogP contribution in [-0.2, 0) is 0 Å². The van der Waals surface area contributed by atoms with Crippen molar-refractivity contribution in [2.24, 2.45) is 0 Å². The van der Waals surface area contributed by atoms with Gasteiger partial charge in [-0.05, 0) is 29.4 Å². The normalized spacial score (nSPS) is 28.8. The third kappa shape index (κ3) is 0.883. The first-order valence-electron chi connectivity index (χ1n) is 3.57. The molecule has 0 atom stereocenters. The second kappa shape index (κ2) is 2.30. The van der Waals surface area contributed by atoms with Crippen LogP contribution in [0.4, 0.5) is 0 Å². The molecule has 0 nitrogen and oxygen atoms in total. The summed E-state index contributed by atoms with van der Waals surface area (Å²) in [6, 6.07) is 0. The molecule has 0 bridgehead atoms. The van der Waals surface area contributed by atoms with Crippen LogP contribution in [0.15, 0.2) is 0 Å². The standard InChI is InChI=1S/C7H16S/c1-3-8(4-2)6-5-7-8/h3-7H2,1-2H3. The van der Waals surface area contributed by atoms with Gasteiger partial charge >= 0.3 is 0 Å². The van der Waals surface area contributed by atoms with Crippen molar-refractivity contribution in [1.82, 2.24) is 0 Å². The molecule has 1 aliphatic rings. The number of hydrogen-bond acceptors (Lipinski definition) is 0. The average Bonchev–Trinajstić information content (AvgIpc) is 1.67. The molecule has 1 heteroatoms. The van der Waals surface area contributed by atoms with Crippen molar-refractivity contribution in [2.75, 3.05) is 23.0 Å². The third-order valence-electron chi connectivity index (χ3n) is 2.38. The highest BCUT2D eigenvalue weighted by molar-refractivity contribution is 8.34. The Morgan fingerprint density at radius 2 is 1.62 bits per heavy atom. The first kappa shape index (κ1) is 6.47. The van der Waals surface area contributed by atoms with Crippen molar-refractivity contribution in [2.45, 2.75) is 20.3 Å². The van der Waals surface area contributed by atoms with Crippen molar-refractivity contribution in [1.29, 1.82) is 0 Å². The summed E-state index contributed by atoms with van der Waals surface area (Å²) in [5.74, 6) is 6.15. The molecule has 1 rings (SSSR count). The second-order valence-corrected chi connectivity index (χ2v) is 6.98. The molecular formula is C7H16S. The van der Waals surface area contributed by atoms with Gasteiger partial charge in [0.15, 0.2) is 0 Å². The largest absolute Gasteiger partial charge is 0.241 e. The summed E-state index contributed by atoms with van der Waals surface area (Å²) < 4.78 is 0. The van der Waals surface area contributed by atoms with Crippen molar-refractivity contribution >= 4 is 10.0 Å².